The van der Waals surface area contributed by atoms with Crippen LogP contribution >= 0.6 is 0 Å². The van der Waals surface area contributed by atoms with Crippen molar-refractivity contribution in [2.75, 3.05) is 19.5 Å². The van der Waals surface area contributed by atoms with Crippen molar-refractivity contribution in [2.24, 2.45) is 23.7 Å². The molecule has 14 nitrogen and oxygen atoms in total. The van der Waals surface area contributed by atoms with Crippen LogP contribution in [0.4, 0.5) is 15.3 Å². The van der Waals surface area contributed by atoms with Crippen LogP contribution in [-0.2, 0) is 29.3 Å². The number of amides is 5. The number of carbonyl (C=O) groups excluding carboxylic acids is 5. The molecule has 2 saturated heterocycles. The van der Waals surface area contributed by atoms with Gasteiger partial charge in [-0.15, -0.1) is 0 Å². The number of hydrogen-bond donors (Lipinski definition) is 4. The lowest BCUT2D eigenvalue weighted by molar-refractivity contribution is -0.143. The fourth-order valence-corrected chi connectivity index (χ4v) is 12.3. The number of ether oxygens (including phenoxy) is 2. The third kappa shape index (κ3) is 7.88. The molecule has 3 heterocycles. The van der Waals surface area contributed by atoms with Crippen molar-refractivity contribution in [1.29, 1.82) is 0 Å². The molecule has 3 aromatic rings. The first-order chi connectivity index (χ1) is 31.1. The predicted molar refractivity (Wildman–Crippen MR) is 247 cm³/mol. The van der Waals surface area contributed by atoms with Crippen LogP contribution < -0.4 is 26.6 Å². The quantitative estimate of drug-likeness (QED) is 0.182. The Morgan fingerprint density at radius 3 is 2.11 bits per heavy atom. The molecule has 2 bridgehead atoms. The zero-order valence-electron chi connectivity index (χ0n) is 39.0. The van der Waals surface area contributed by atoms with Gasteiger partial charge in [-0.05, 0) is 109 Å². The Kier molecular flexibility index (Phi) is 11.8. The Bertz CT molecular complexity index is 2530. The van der Waals surface area contributed by atoms with Gasteiger partial charge in [-0.3, -0.25) is 14.4 Å². The van der Waals surface area contributed by atoms with Gasteiger partial charge in [0.05, 0.1) is 31.0 Å². The van der Waals surface area contributed by atoms with Gasteiger partial charge in [-0.25, -0.2) is 14.6 Å². The third-order valence-electron chi connectivity index (χ3n) is 15.7. The number of aromatic amines is 1. The summed E-state index contributed by atoms with van der Waals surface area (Å²) in [6, 6.07) is 10.7. The Hall–Kier alpha value is -5.66. The number of anilines is 1. The van der Waals surface area contributed by atoms with Crippen LogP contribution in [0.25, 0.3) is 23.3 Å². The van der Waals surface area contributed by atoms with E-state index < -0.39 is 30.3 Å². The Morgan fingerprint density at radius 2 is 1.43 bits per heavy atom. The number of nitrogens with zero attached hydrogens (tertiary/aromatic N) is 3. The van der Waals surface area contributed by atoms with Gasteiger partial charge in [0, 0.05) is 29.1 Å². The SMILES string of the molecule is COC(=O)N[C@H](C(=O)N1C2CCCCC2C[C@H]1c1nc2c([nH]1)=CC(c1ccc3c(c1)C(C)(C)c1cc(NC(=O)[C@@H]4[C@H]5CC[C@H](C5)N4C(=O)[C@@H](NC(=O)OC)C(C)C)ccc1-3)CC=2)C(C)C. The van der Waals surface area contributed by atoms with E-state index >= 15 is 0 Å². The van der Waals surface area contributed by atoms with Crippen molar-refractivity contribution in [3.05, 3.63) is 69.6 Å². The Labute approximate surface area is 381 Å². The topological polar surface area (TPSA) is 175 Å². The summed E-state index contributed by atoms with van der Waals surface area (Å²) in [7, 11) is 2.60. The van der Waals surface area contributed by atoms with Crippen molar-refractivity contribution < 1.29 is 33.4 Å². The summed E-state index contributed by atoms with van der Waals surface area (Å²) in [6.07, 6.45) is 11.6. The Morgan fingerprint density at radius 1 is 0.785 bits per heavy atom. The average Bonchev–Trinajstić information content (AvgIpc) is 4.13. The average molecular weight is 888 g/mol. The minimum Gasteiger partial charge on any atom is -0.453 e. The highest BCUT2D eigenvalue weighted by Gasteiger charge is 2.53. The second-order valence-electron chi connectivity index (χ2n) is 20.6. The number of hydrogen-bond acceptors (Lipinski definition) is 8. The number of methoxy groups -OCH3 is 2. The fourth-order valence-electron chi connectivity index (χ4n) is 12.3. The van der Waals surface area contributed by atoms with Crippen LogP contribution in [0.2, 0.25) is 0 Å². The number of fused-ring (bicyclic) bond motifs is 7. The molecule has 6 aliphatic rings. The zero-order valence-corrected chi connectivity index (χ0v) is 39.0. The molecule has 9 rings (SSSR count). The van der Waals surface area contributed by atoms with Gasteiger partial charge in [-0.1, -0.05) is 90.8 Å². The molecule has 0 radical (unpaired) electrons. The van der Waals surface area contributed by atoms with Crippen molar-refractivity contribution >= 4 is 47.7 Å². The van der Waals surface area contributed by atoms with Gasteiger partial charge in [0.1, 0.15) is 23.9 Å². The second-order valence-corrected chi connectivity index (χ2v) is 20.6. The number of aromatic nitrogens is 2. The van der Waals surface area contributed by atoms with Crippen LogP contribution in [0.15, 0.2) is 36.4 Å². The minimum atomic E-state index is -0.796. The number of carbonyl (C=O) groups is 5. The lowest BCUT2D eigenvalue weighted by Crippen LogP contribution is -2.58. The monoisotopic (exact) mass is 887 g/mol. The molecule has 4 aliphatic carbocycles. The van der Waals surface area contributed by atoms with E-state index in [-0.39, 0.29) is 64.9 Å². The van der Waals surface area contributed by atoms with Crippen molar-refractivity contribution in [3.63, 3.8) is 0 Å². The standard InChI is InChI=1S/C51H65N7O7/c1-26(2)42(55-49(62)64-7)47(60)57-33-17-13-31(21-33)44(57)46(59)52-32-16-19-35-34-18-14-28(22-36(34)51(5,6)37(35)25-32)29-15-20-38-39(23-29)54-45(53-38)41-24-30-11-9-10-12-40(30)58(41)48(61)43(27(3)4)56-50(63)65-8/h14,16,18-20,22-23,25-27,29-31,33,40-44H,9-13,15,17,21,24H2,1-8H3,(H,52,59)(H,53,54)(H,55,62)(H,56,63)/t29?,30?,31-,33+,40?,41-,42-,43-,44-/m0/s1. The maximum absolute atomic E-state index is 14.4. The van der Waals surface area contributed by atoms with Crippen LogP contribution in [0.1, 0.15) is 134 Å². The highest BCUT2D eigenvalue weighted by molar-refractivity contribution is 6.00. The summed E-state index contributed by atoms with van der Waals surface area (Å²) in [4.78, 5) is 79.7. The lowest BCUT2D eigenvalue weighted by atomic mass is 9.80. The number of benzene rings is 2. The van der Waals surface area contributed by atoms with E-state index in [1.165, 1.54) is 30.9 Å². The van der Waals surface area contributed by atoms with E-state index in [9.17, 15) is 24.0 Å². The van der Waals surface area contributed by atoms with E-state index in [2.05, 4.69) is 77.3 Å². The fraction of sp³-hybridized carbons (Fsp3) is 0.569. The smallest absolute Gasteiger partial charge is 0.407 e. The molecule has 5 amide bonds. The van der Waals surface area contributed by atoms with Gasteiger partial charge < -0.3 is 40.2 Å². The Balaban J connectivity index is 0.939. The van der Waals surface area contributed by atoms with Crippen LogP contribution in [-0.4, -0.2) is 94.1 Å². The summed E-state index contributed by atoms with van der Waals surface area (Å²) >= 11 is 0. The van der Waals surface area contributed by atoms with Gasteiger partial charge >= 0.3 is 12.2 Å². The van der Waals surface area contributed by atoms with E-state index in [4.69, 9.17) is 14.5 Å². The second kappa shape index (κ2) is 17.3. The number of nitrogens with one attached hydrogen (secondary N) is 4. The van der Waals surface area contributed by atoms with Gasteiger partial charge in [0.25, 0.3) is 0 Å². The summed E-state index contributed by atoms with van der Waals surface area (Å²) in [5.41, 5.74) is 6.21. The highest BCUT2D eigenvalue weighted by atomic mass is 16.5. The van der Waals surface area contributed by atoms with Crippen LogP contribution in [0.3, 0.4) is 0 Å². The molecular weight excluding hydrogens is 823 g/mol. The van der Waals surface area contributed by atoms with Crippen LogP contribution in [0.5, 0.6) is 0 Å². The largest absolute Gasteiger partial charge is 0.453 e. The van der Waals surface area contributed by atoms with E-state index in [1.807, 2.05) is 38.7 Å². The summed E-state index contributed by atoms with van der Waals surface area (Å²) in [6.45, 7) is 12.1. The number of piperidine rings is 1. The number of alkyl carbamates (subject to hydrolysis) is 2. The molecule has 3 unspecified atom stereocenters. The lowest BCUT2D eigenvalue weighted by Gasteiger charge is -2.37. The maximum Gasteiger partial charge on any atom is 0.407 e. The molecule has 2 aliphatic heterocycles. The highest BCUT2D eigenvalue weighted by Crippen LogP contribution is 2.51. The molecule has 2 saturated carbocycles. The molecule has 0 spiro atoms. The third-order valence-corrected chi connectivity index (χ3v) is 15.7. The van der Waals surface area contributed by atoms with Gasteiger partial charge in [0.15, 0.2) is 0 Å². The predicted octanol–water partition coefficient (Wildman–Crippen LogP) is 6.38. The van der Waals surface area contributed by atoms with Crippen molar-refractivity contribution in [2.45, 2.75) is 147 Å². The summed E-state index contributed by atoms with van der Waals surface area (Å²) < 4.78 is 9.72. The van der Waals surface area contributed by atoms with E-state index in [1.54, 1.807) is 4.90 Å². The molecule has 1 aromatic heterocycles. The van der Waals surface area contributed by atoms with Gasteiger partial charge in [0.2, 0.25) is 17.7 Å². The summed E-state index contributed by atoms with van der Waals surface area (Å²) in [5.74, 6) is 0.541. The molecular formula is C51H65N7O7. The van der Waals surface area contributed by atoms with Crippen LogP contribution in [0, 0.1) is 23.7 Å². The molecule has 9 atom stereocenters. The molecule has 65 heavy (non-hydrogen) atoms. The minimum absolute atomic E-state index is 0.0361. The van der Waals surface area contributed by atoms with Crippen molar-refractivity contribution in [1.82, 2.24) is 30.4 Å². The normalized spacial score (nSPS) is 26.5. The van der Waals surface area contributed by atoms with Crippen molar-refractivity contribution in [3.8, 4) is 11.1 Å². The molecule has 14 heteroatoms. The molecule has 4 N–H and O–H groups in total. The van der Waals surface area contributed by atoms with E-state index in [0.717, 1.165) is 85.4 Å². The molecule has 2 aromatic carbocycles. The summed E-state index contributed by atoms with van der Waals surface area (Å²) in [5, 5.41) is 10.6. The number of imidazole rings is 1. The first-order valence-corrected chi connectivity index (χ1v) is 23.8. The zero-order chi connectivity index (χ0) is 46.1. The number of rotatable bonds is 10. The number of likely N-dealkylation sites (tertiary alicyclic amines) is 2. The first kappa shape index (κ1) is 44.5. The first-order valence-electron chi connectivity index (χ1n) is 23.8. The molecule has 4 fully saturated rings. The number of H-pyrrole nitrogens is 1. The molecule has 346 valence electrons. The van der Waals surface area contributed by atoms with Gasteiger partial charge in [-0.2, -0.15) is 0 Å². The van der Waals surface area contributed by atoms with E-state index in [0.29, 0.717) is 11.6 Å². The maximum atomic E-state index is 14.4.